The van der Waals surface area contributed by atoms with Crippen molar-refractivity contribution in [3.05, 3.63) is 53.2 Å². The lowest BCUT2D eigenvalue weighted by Crippen LogP contribution is -2.49. The van der Waals surface area contributed by atoms with Crippen LogP contribution >= 0.6 is 0 Å². The number of piperidine rings is 1. The molecular formula is C23H23F2N5O2. The number of rotatable bonds is 3. The zero-order chi connectivity index (χ0) is 23.3. The number of fused-ring (bicyclic) bond motifs is 3. The number of ether oxygens (including phenoxy) is 1. The van der Waals surface area contributed by atoms with Crippen molar-refractivity contribution < 1.29 is 14.9 Å². The summed E-state index contributed by atoms with van der Waals surface area (Å²) in [5.41, 5.74) is 2.35. The molecule has 0 N–H and O–H groups in total. The first kappa shape index (κ1) is 19.4. The van der Waals surface area contributed by atoms with Crippen LogP contribution in [0, 0.1) is 0 Å². The summed E-state index contributed by atoms with van der Waals surface area (Å²) in [5.74, 6) is -2.61. The van der Waals surface area contributed by atoms with Gasteiger partial charge in [-0.15, -0.1) is 0 Å². The van der Waals surface area contributed by atoms with E-state index in [2.05, 4.69) is 9.97 Å². The molecule has 1 aliphatic rings. The molecule has 1 aromatic carbocycles. The van der Waals surface area contributed by atoms with E-state index in [9.17, 15) is 4.79 Å². The Kier molecular flexibility index (Phi) is 4.46. The van der Waals surface area contributed by atoms with Gasteiger partial charge >= 0.3 is 5.69 Å². The van der Waals surface area contributed by atoms with Crippen LogP contribution in [0.4, 0.5) is 8.78 Å². The Balaban J connectivity index is 1.78. The van der Waals surface area contributed by atoms with Gasteiger partial charge < -0.3 is 9.64 Å². The smallest absolute Gasteiger partial charge is 0.329 e. The molecule has 0 bridgehead atoms. The van der Waals surface area contributed by atoms with E-state index in [-0.39, 0.29) is 13.4 Å². The first-order valence-corrected chi connectivity index (χ1v) is 10.2. The van der Waals surface area contributed by atoms with E-state index in [0.717, 1.165) is 11.1 Å². The van der Waals surface area contributed by atoms with Crippen molar-refractivity contribution in [2.75, 3.05) is 27.2 Å². The molecule has 0 spiro atoms. The highest BCUT2D eigenvalue weighted by molar-refractivity contribution is 6.04. The summed E-state index contributed by atoms with van der Waals surface area (Å²) in [6, 6.07) is 7.81. The van der Waals surface area contributed by atoms with E-state index >= 15 is 8.78 Å². The minimum absolute atomic E-state index is 0.131. The van der Waals surface area contributed by atoms with Crippen LogP contribution < -0.4 is 10.4 Å². The van der Waals surface area contributed by atoms with E-state index in [1.54, 1.807) is 30.3 Å². The minimum Gasteiger partial charge on any atom is -0.481 e. The average molecular weight is 440 g/mol. The Labute approximate surface area is 184 Å². The van der Waals surface area contributed by atoms with Crippen molar-refractivity contribution in [3.8, 4) is 17.0 Å². The largest absolute Gasteiger partial charge is 0.481 e. The van der Waals surface area contributed by atoms with Crippen molar-refractivity contribution in [1.82, 2.24) is 24.0 Å². The van der Waals surface area contributed by atoms with Gasteiger partial charge in [-0.1, -0.05) is 6.07 Å². The number of pyridine rings is 2. The van der Waals surface area contributed by atoms with Gasteiger partial charge in [0.2, 0.25) is 5.88 Å². The maximum absolute atomic E-state index is 15.1. The van der Waals surface area contributed by atoms with Gasteiger partial charge in [0, 0.05) is 38.2 Å². The summed E-state index contributed by atoms with van der Waals surface area (Å²) in [6.07, 6.45) is 3.29. The van der Waals surface area contributed by atoms with E-state index in [1.165, 1.54) is 22.4 Å². The number of benzene rings is 1. The standard InChI is InChI=1S/C23H23F2N5O2/c1-28-9-8-19(23(24,25)13-28)30-21-16-10-14(15-5-7-20(32-3)27-11-15)4-6-17(16)26-12-18(21)29(2)22(30)31/h4-7,10-12,19H,8-9,13H2,1-3H3/i2D. The molecule has 4 aromatic rings. The molecule has 1 fully saturated rings. The van der Waals surface area contributed by atoms with Crippen LogP contribution in [0.15, 0.2) is 47.5 Å². The normalized spacial score (nSPS) is 19.4. The lowest BCUT2D eigenvalue weighted by molar-refractivity contribution is -0.0977. The second-order valence-electron chi connectivity index (χ2n) is 8.20. The fourth-order valence-electron chi connectivity index (χ4n) is 4.50. The minimum atomic E-state index is -3.09. The number of hydrogen-bond acceptors (Lipinski definition) is 5. The Morgan fingerprint density at radius 1 is 1.19 bits per heavy atom. The first-order chi connectivity index (χ1) is 15.8. The Bertz CT molecular complexity index is 1400. The number of aryl methyl sites for hydroxylation is 1. The zero-order valence-electron chi connectivity index (χ0n) is 18.8. The maximum Gasteiger partial charge on any atom is 0.329 e. The fourth-order valence-corrected chi connectivity index (χ4v) is 4.50. The van der Waals surface area contributed by atoms with Crippen molar-refractivity contribution in [2.24, 2.45) is 7.02 Å². The monoisotopic (exact) mass is 440 g/mol. The lowest BCUT2D eigenvalue weighted by atomic mass is 10.00. The molecule has 1 unspecified atom stereocenters. The average Bonchev–Trinajstić information content (AvgIpc) is 3.09. The van der Waals surface area contributed by atoms with Crippen molar-refractivity contribution in [3.63, 3.8) is 0 Å². The third-order valence-electron chi connectivity index (χ3n) is 6.13. The fraction of sp³-hybridized carbons (Fsp3) is 0.348. The Morgan fingerprint density at radius 3 is 2.69 bits per heavy atom. The van der Waals surface area contributed by atoms with E-state index in [1.807, 2.05) is 18.2 Å². The molecule has 0 saturated carbocycles. The molecule has 0 amide bonds. The van der Waals surface area contributed by atoms with Crippen LogP contribution in [-0.4, -0.2) is 57.2 Å². The van der Waals surface area contributed by atoms with Crippen molar-refractivity contribution in [1.29, 1.82) is 0 Å². The first-order valence-electron chi connectivity index (χ1n) is 10.9. The van der Waals surface area contributed by atoms with Crippen LogP contribution in [0.1, 0.15) is 13.8 Å². The van der Waals surface area contributed by atoms with Crippen LogP contribution in [0.25, 0.3) is 33.1 Å². The summed E-state index contributed by atoms with van der Waals surface area (Å²) in [5, 5.41) is 0.583. The summed E-state index contributed by atoms with van der Waals surface area (Å²) in [6.45, 7) is 0.0233. The predicted octanol–water partition coefficient (Wildman–Crippen LogP) is 3.47. The molecule has 1 aliphatic heterocycles. The molecule has 166 valence electrons. The molecule has 0 radical (unpaired) electrons. The molecule has 9 heteroatoms. The van der Waals surface area contributed by atoms with E-state index < -0.39 is 24.2 Å². The van der Waals surface area contributed by atoms with Crippen molar-refractivity contribution >= 4 is 21.9 Å². The molecule has 3 aromatic heterocycles. The zero-order valence-corrected chi connectivity index (χ0v) is 17.8. The molecule has 5 rings (SSSR count). The SMILES string of the molecule is [2H]Cn1c(=O)n(C2CCN(C)CC2(F)F)c2c3cc(-c4ccc(OC)nc4)ccc3ncc21. The van der Waals surface area contributed by atoms with Gasteiger partial charge in [-0.2, -0.15) is 0 Å². The van der Waals surface area contributed by atoms with Gasteiger partial charge in [0.1, 0.15) is 6.04 Å². The molecule has 1 saturated heterocycles. The van der Waals surface area contributed by atoms with Crippen LogP contribution in [0.3, 0.4) is 0 Å². The number of alkyl halides is 2. The number of nitrogens with zero attached hydrogens (tertiary/aromatic N) is 5. The van der Waals surface area contributed by atoms with Crippen molar-refractivity contribution in [2.45, 2.75) is 18.4 Å². The number of hydrogen-bond donors (Lipinski definition) is 0. The lowest BCUT2D eigenvalue weighted by Gasteiger charge is -2.37. The maximum atomic E-state index is 15.1. The van der Waals surface area contributed by atoms with E-state index in [4.69, 9.17) is 6.11 Å². The van der Waals surface area contributed by atoms with Gasteiger partial charge in [0.05, 0.1) is 36.4 Å². The topological polar surface area (TPSA) is 65.2 Å². The van der Waals surface area contributed by atoms with Crippen LogP contribution in [0.5, 0.6) is 5.88 Å². The molecule has 7 nitrogen and oxygen atoms in total. The Morgan fingerprint density at radius 2 is 2.00 bits per heavy atom. The van der Waals surface area contributed by atoms with Gasteiger partial charge in [-0.05, 0) is 37.2 Å². The molecule has 0 aliphatic carbocycles. The summed E-state index contributed by atoms with van der Waals surface area (Å²) in [7, 11) is 2.81. The second kappa shape index (κ2) is 7.37. The second-order valence-corrected chi connectivity index (χ2v) is 8.20. The summed E-state index contributed by atoms with van der Waals surface area (Å²) in [4.78, 5) is 23.5. The highest BCUT2D eigenvalue weighted by Gasteiger charge is 2.46. The molecule has 32 heavy (non-hydrogen) atoms. The number of methoxy groups -OCH3 is 1. The Hall–Kier alpha value is -3.33. The third-order valence-corrected chi connectivity index (χ3v) is 6.13. The van der Waals surface area contributed by atoms with Gasteiger partial charge in [-0.3, -0.25) is 14.1 Å². The summed E-state index contributed by atoms with van der Waals surface area (Å²) < 4.78 is 45.7. The number of likely N-dealkylation sites (tertiary alicyclic amines) is 1. The molecular weight excluding hydrogens is 416 g/mol. The van der Waals surface area contributed by atoms with Crippen LogP contribution in [-0.2, 0) is 7.02 Å². The number of imidazole rings is 1. The highest BCUT2D eigenvalue weighted by Crippen LogP contribution is 2.39. The third kappa shape index (κ3) is 3.15. The quantitative estimate of drug-likeness (QED) is 0.488. The molecule has 1 atom stereocenters. The molecule has 4 heterocycles. The number of aromatic nitrogens is 4. The number of halogens is 2. The van der Waals surface area contributed by atoms with Gasteiger partial charge in [0.25, 0.3) is 5.92 Å². The highest BCUT2D eigenvalue weighted by atomic mass is 19.3. The van der Waals surface area contributed by atoms with E-state index in [0.29, 0.717) is 34.4 Å². The van der Waals surface area contributed by atoms with Gasteiger partial charge in [-0.25, -0.2) is 18.6 Å². The predicted molar refractivity (Wildman–Crippen MR) is 118 cm³/mol. The van der Waals surface area contributed by atoms with Crippen LogP contribution in [0.2, 0.25) is 0 Å². The van der Waals surface area contributed by atoms with Gasteiger partial charge in [0.15, 0.2) is 0 Å². The summed E-state index contributed by atoms with van der Waals surface area (Å²) >= 11 is 0.